The summed E-state index contributed by atoms with van der Waals surface area (Å²) in [7, 11) is 0. The molecule has 2 saturated heterocycles. The van der Waals surface area contributed by atoms with Gasteiger partial charge in [-0.05, 0) is 46.5 Å². The number of hydrogen-bond donors (Lipinski definition) is 3. The summed E-state index contributed by atoms with van der Waals surface area (Å²) < 4.78 is 14.7. The number of amides is 3. The highest BCUT2D eigenvalue weighted by Crippen LogP contribution is 2.34. The molecule has 13 heteroatoms. The minimum Gasteiger partial charge on any atom is -0.444 e. The van der Waals surface area contributed by atoms with Crippen molar-refractivity contribution in [3.63, 3.8) is 0 Å². The molecule has 0 aromatic heterocycles. The van der Waals surface area contributed by atoms with Crippen molar-refractivity contribution < 1.29 is 28.6 Å². The molecule has 5 atom stereocenters. The van der Waals surface area contributed by atoms with Crippen LogP contribution >= 0.6 is 34.8 Å². The van der Waals surface area contributed by atoms with Crippen LogP contribution < -0.4 is 16.1 Å². The second kappa shape index (κ2) is 11.8. The molecule has 2 aliphatic heterocycles. The van der Waals surface area contributed by atoms with Gasteiger partial charge in [-0.2, -0.15) is 0 Å². The Kier molecular flexibility index (Phi) is 10.1. The van der Waals surface area contributed by atoms with Crippen molar-refractivity contribution in [3.05, 3.63) is 0 Å². The summed E-state index contributed by atoms with van der Waals surface area (Å²) in [5, 5.41) is 6.74. The molecule has 2 heterocycles. The van der Waals surface area contributed by atoms with E-state index in [1.165, 1.54) is 5.01 Å². The van der Waals surface area contributed by atoms with Crippen LogP contribution in [0.25, 0.3) is 0 Å². The summed E-state index contributed by atoms with van der Waals surface area (Å²) in [6.07, 6.45) is 0.0487. The first-order valence-corrected chi connectivity index (χ1v) is 12.4. The van der Waals surface area contributed by atoms with Crippen LogP contribution in [0.15, 0.2) is 0 Å². The van der Waals surface area contributed by atoms with E-state index in [0.717, 1.165) is 12.8 Å². The summed E-state index contributed by atoms with van der Waals surface area (Å²) in [4.78, 5) is 37.9. The van der Waals surface area contributed by atoms with Gasteiger partial charge in [-0.15, -0.1) is 0 Å². The maximum Gasteiger partial charge on any atom is 0.408 e. The molecule has 0 aliphatic carbocycles. The van der Waals surface area contributed by atoms with Gasteiger partial charge in [0.15, 0.2) is 6.29 Å². The molecule has 3 N–H and O–H groups in total. The number of rotatable bonds is 8. The minimum absolute atomic E-state index is 0.106. The highest BCUT2D eigenvalue weighted by Gasteiger charge is 2.48. The molecule has 2 aliphatic rings. The summed E-state index contributed by atoms with van der Waals surface area (Å²) in [6, 6.07) is -1.84. The number of carbonyl (C=O) groups is 3. The Balaban J connectivity index is 1.87. The molecule has 0 aromatic rings. The zero-order valence-corrected chi connectivity index (χ0v) is 22.6. The van der Waals surface area contributed by atoms with Crippen LogP contribution in [-0.2, 0) is 23.8 Å². The number of hydrazine groups is 1. The SMILES string of the molecule is CC(C)[C@H](NC(=O)OC(C)(C)C)C(=O)N[C@@H](C)C(=O)N1CCC[C@@H](C2OC2OCC(Cl)(Cl)Cl)N1. The molecule has 2 unspecified atom stereocenters. The predicted molar refractivity (Wildman–Crippen MR) is 128 cm³/mol. The Labute approximate surface area is 215 Å². The lowest BCUT2D eigenvalue weighted by Gasteiger charge is -2.35. The standard InChI is InChI=1S/C21H35Cl3N4O6/c1-11(2)14(26-19(31)34-20(4,5)6)16(29)25-12(3)17(30)28-9-7-8-13(27-28)15-18(33-15)32-10-21(22,23)24/h11-15,18,27H,7-10H2,1-6H3,(H,25,29)(H,26,31)/t12-,13-,14-,15?,18?/m0/s1. The van der Waals surface area contributed by atoms with Crippen molar-refractivity contribution in [1.82, 2.24) is 21.1 Å². The molecule has 0 spiro atoms. The molecule has 0 radical (unpaired) electrons. The van der Waals surface area contributed by atoms with Crippen molar-refractivity contribution in [1.29, 1.82) is 0 Å². The topological polar surface area (TPSA) is 122 Å². The predicted octanol–water partition coefficient (Wildman–Crippen LogP) is 2.65. The molecule has 3 amide bonds. The largest absolute Gasteiger partial charge is 0.444 e. The number of alkyl halides is 3. The van der Waals surface area contributed by atoms with Gasteiger partial charge in [-0.1, -0.05) is 48.7 Å². The zero-order chi connectivity index (χ0) is 25.8. The Morgan fingerprint density at radius 3 is 2.35 bits per heavy atom. The maximum absolute atomic E-state index is 13.0. The number of nitrogens with one attached hydrogen (secondary N) is 3. The number of alkyl carbamates (subject to hydrolysis) is 1. The fourth-order valence-electron chi connectivity index (χ4n) is 3.48. The van der Waals surface area contributed by atoms with Crippen LogP contribution in [-0.4, -0.2) is 76.0 Å². The Bertz CT molecular complexity index is 743. The molecule has 2 fully saturated rings. The number of carbonyl (C=O) groups excluding carboxylic acids is 3. The second-order valence-corrected chi connectivity index (χ2v) is 12.4. The van der Waals surface area contributed by atoms with Gasteiger partial charge in [0, 0.05) is 6.54 Å². The highest BCUT2D eigenvalue weighted by atomic mass is 35.6. The lowest BCUT2D eigenvalue weighted by atomic mass is 10.0. The summed E-state index contributed by atoms with van der Waals surface area (Å²) in [5.41, 5.74) is 2.45. The molecular weight excluding hydrogens is 511 g/mol. The first kappa shape index (κ1) is 29.2. The summed E-state index contributed by atoms with van der Waals surface area (Å²) >= 11 is 17.1. The van der Waals surface area contributed by atoms with Gasteiger partial charge in [0.1, 0.15) is 23.8 Å². The van der Waals surface area contributed by atoms with E-state index in [1.54, 1.807) is 41.5 Å². The normalized spacial score (nSPS) is 24.9. The van der Waals surface area contributed by atoms with Gasteiger partial charge in [0.25, 0.3) is 5.91 Å². The van der Waals surface area contributed by atoms with E-state index in [-0.39, 0.29) is 30.6 Å². The molecule has 0 saturated carbocycles. The number of nitrogens with zero attached hydrogens (tertiary/aromatic N) is 1. The van der Waals surface area contributed by atoms with E-state index < -0.39 is 39.8 Å². The van der Waals surface area contributed by atoms with Crippen LogP contribution in [0.3, 0.4) is 0 Å². The van der Waals surface area contributed by atoms with Crippen molar-refractivity contribution in [2.24, 2.45) is 5.92 Å². The van der Waals surface area contributed by atoms with E-state index >= 15 is 0 Å². The van der Waals surface area contributed by atoms with Crippen LogP contribution in [0.2, 0.25) is 0 Å². The zero-order valence-electron chi connectivity index (χ0n) is 20.3. The third kappa shape index (κ3) is 9.54. The van der Waals surface area contributed by atoms with Crippen LogP contribution in [0.5, 0.6) is 0 Å². The Morgan fingerprint density at radius 1 is 1.15 bits per heavy atom. The number of hydrogen-bond acceptors (Lipinski definition) is 7. The first-order chi connectivity index (χ1) is 15.6. The lowest BCUT2D eigenvalue weighted by molar-refractivity contribution is -0.141. The Hall–Kier alpha value is -1.04. The third-order valence-electron chi connectivity index (χ3n) is 5.13. The lowest BCUT2D eigenvalue weighted by Crippen LogP contribution is -2.60. The monoisotopic (exact) mass is 544 g/mol. The van der Waals surface area contributed by atoms with E-state index in [4.69, 9.17) is 49.0 Å². The van der Waals surface area contributed by atoms with Gasteiger partial charge < -0.3 is 24.8 Å². The smallest absolute Gasteiger partial charge is 0.408 e. The van der Waals surface area contributed by atoms with Gasteiger partial charge in [-0.25, -0.2) is 10.2 Å². The van der Waals surface area contributed by atoms with Gasteiger partial charge >= 0.3 is 6.09 Å². The van der Waals surface area contributed by atoms with Gasteiger partial charge in [0.05, 0.1) is 12.6 Å². The minimum atomic E-state index is -1.53. The van der Waals surface area contributed by atoms with Crippen LogP contribution in [0.1, 0.15) is 54.4 Å². The number of ether oxygens (including phenoxy) is 3. The fourth-order valence-corrected chi connectivity index (χ4v) is 3.67. The summed E-state index contributed by atoms with van der Waals surface area (Å²) in [6.45, 7) is 10.8. The molecule has 0 bridgehead atoms. The van der Waals surface area contributed by atoms with E-state index in [1.807, 2.05) is 0 Å². The van der Waals surface area contributed by atoms with E-state index in [0.29, 0.717) is 6.54 Å². The average molecular weight is 546 g/mol. The van der Waals surface area contributed by atoms with Crippen molar-refractivity contribution in [2.75, 3.05) is 13.2 Å². The molecule has 10 nitrogen and oxygen atoms in total. The van der Waals surface area contributed by atoms with Crippen LogP contribution in [0.4, 0.5) is 4.79 Å². The molecule has 196 valence electrons. The maximum atomic E-state index is 13.0. The Morgan fingerprint density at radius 2 is 1.79 bits per heavy atom. The van der Waals surface area contributed by atoms with Gasteiger partial charge in [0.2, 0.25) is 9.70 Å². The number of epoxide rings is 1. The summed E-state index contributed by atoms with van der Waals surface area (Å²) in [5.74, 6) is -0.998. The van der Waals surface area contributed by atoms with Gasteiger partial charge in [-0.3, -0.25) is 14.6 Å². The molecule has 34 heavy (non-hydrogen) atoms. The molecule has 2 rings (SSSR count). The quantitative estimate of drug-likeness (QED) is 0.317. The van der Waals surface area contributed by atoms with E-state index in [9.17, 15) is 14.4 Å². The fraction of sp³-hybridized carbons (Fsp3) is 0.857. The molecular formula is C21H35Cl3N4O6. The first-order valence-electron chi connectivity index (χ1n) is 11.3. The highest BCUT2D eigenvalue weighted by molar-refractivity contribution is 6.67. The average Bonchev–Trinajstić information content (AvgIpc) is 3.47. The number of halogens is 3. The van der Waals surface area contributed by atoms with Crippen molar-refractivity contribution in [2.45, 2.75) is 94.3 Å². The molecule has 0 aromatic carbocycles. The van der Waals surface area contributed by atoms with Crippen LogP contribution in [0, 0.1) is 5.92 Å². The van der Waals surface area contributed by atoms with Crippen molar-refractivity contribution >= 4 is 52.7 Å². The van der Waals surface area contributed by atoms with E-state index in [2.05, 4.69) is 16.1 Å². The second-order valence-electron chi connectivity index (χ2n) is 9.86. The van der Waals surface area contributed by atoms with Crippen molar-refractivity contribution in [3.8, 4) is 0 Å². The third-order valence-corrected chi connectivity index (χ3v) is 5.45.